The van der Waals surface area contributed by atoms with Gasteiger partial charge in [0.2, 0.25) is 0 Å². The molecule has 8 heteroatoms. The quantitative estimate of drug-likeness (QED) is 0.509. The smallest absolute Gasteiger partial charge is 0.279 e. The number of rotatable bonds is 4. The van der Waals surface area contributed by atoms with E-state index in [0.717, 1.165) is 26.9 Å². The molecule has 7 nitrogen and oxygen atoms in total. The van der Waals surface area contributed by atoms with Crippen molar-refractivity contribution in [3.8, 4) is 22.5 Å². The van der Waals surface area contributed by atoms with Crippen molar-refractivity contribution in [2.24, 2.45) is 7.05 Å². The Kier molecular flexibility index (Phi) is 4.79. The number of hydrogen-bond donors (Lipinski definition) is 1. The predicted octanol–water partition coefficient (Wildman–Crippen LogP) is 4.46. The third-order valence-electron chi connectivity index (χ3n) is 4.28. The number of aryl methyl sites for hydroxylation is 2. The Labute approximate surface area is 169 Å². The maximum atomic E-state index is 12.8. The van der Waals surface area contributed by atoms with Crippen LogP contribution < -0.4 is 5.32 Å². The van der Waals surface area contributed by atoms with Crippen LogP contribution in [-0.2, 0) is 7.05 Å². The molecule has 1 amide bonds. The molecule has 0 aliphatic heterocycles. The Morgan fingerprint density at radius 3 is 2.68 bits per heavy atom. The molecule has 0 saturated carbocycles. The van der Waals surface area contributed by atoms with Gasteiger partial charge in [0.15, 0.2) is 11.5 Å². The minimum Gasteiger partial charge on any atom is -0.355 e. The van der Waals surface area contributed by atoms with Crippen LogP contribution in [0.15, 0.2) is 63.9 Å². The van der Waals surface area contributed by atoms with E-state index in [1.807, 2.05) is 37.3 Å². The van der Waals surface area contributed by atoms with Crippen molar-refractivity contribution in [1.29, 1.82) is 0 Å². The standard InChI is InChI=1S/C20H16BrN5O2/c1-12-18(13-5-7-15(21)8-6-13)19(26(2)24-12)23-20(27)16-10-17(28-25-16)14-4-3-9-22-11-14/h3-11H,1-2H3,(H,23,27). The van der Waals surface area contributed by atoms with E-state index in [1.54, 1.807) is 36.3 Å². The summed E-state index contributed by atoms with van der Waals surface area (Å²) in [6.07, 6.45) is 3.32. The summed E-state index contributed by atoms with van der Waals surface area (Å²) in [5, 5.41) is 11.2. The number of nitrogens with zero attached hydrogens (tertiary/aromatic N) is 4. The number of pyridine rings is 1. The minimum atomic E-state index is -0.375. The van der Waals surface area contributed by atoms with Gasteiger partial charge in [-0.2, -0.15) is 5.10 Å². The molecule has 0 fully saturated rings. The van der Waals surface area contributed by atoms with E-state index in [0.29, 0.717) is 11.6 Å². The molecule has 3 aromatic heterocycles. The van der Waals surface area contributed by atoms with Gasteiger partial charge in [0.25, 0.3) is 5.91 Å². The molecule has 28 heavy (non-hydrogen) atoms. The number of halogens is 1. The van der Waals surface area contributed by atoms with E-state index in [-0.39, 0.29) is 11.6 Å². The lowest BCUT2D eigenvalue weighted by molar-refractivity contribution is 0.101. The Morgan fingerprint density at radius 1 is 1.18 bits per heavy atom. The molecule has 3 heterocycles. The molecule has 0 bridgehead atoms. The van der Waals surface area contributed by atoms with Crippen molar-refractivity contribution in [3.63, 3.8) is 0 Å². The minimum absolute atomic E-state index is 0.180. The summed E-state index contributed by atoms with van der Waals surface area (Å²) in [6.45, 7) is 1.91. The first-order chi connectivity index (χ1) is 13.5. The maximum Gasteiger partial charge on any atom is 0.279 e. The number of nitrogens with one attached hydrogen (secondary N) is 1. The Hall–Kier alpha value is -3.26. The molecule has 0 spiro atoms. The summed E-state index contributed by atoms with van der Waals surface area (Å²) in [5.74, 6) is 0.698. The van der Waals surface area contributed by atoms with Gasteiger partial charge in [0.05, 0.1) is 5.69 Å². The molecule has 0 aliphatic rings. The van der Waals surface area contributed by atoms with Gasteiger partial charge >= 0.3 is 0 Å². The van der Waals surface area contributed by atoms with E-state index in [9.17, 15) is 4.79 Å². The largest absolute Gasteiger partial charge is 0.355 e. The van der Waals surface area contributed by atoms with Crippen molar-refractivity contribution in [2.45, 2.75) is 6.92 Å². The fraction of sp³-hybridized carbons (Fsp3) is 0.100. The number of carbonyl (C=O) groups is 1. The molecule has 0 unspecified atom stereocenters. The number of amides is 1. The highest BCUT2D eigenvalue weighted by Crippen LogP contribution is 2.32. The van der Waals surface area contributed by atoms with Crippen molar-refractivity contribution in [1.82, 2.24) is 19.9 Å². The first kappa shape index (κ1) is 18.1. The second-order valence-electron chi connectivity index (χ2n) is 6.21. The zero-order valence-electron chi connectivity index (χ0n) is 15.2. The fourth-order valence-electron chi connectivity index (χ4n) is 2.96. The molecule has 0 radical (unpaired) electrons. The van der Waals surface area contributed by atoms with Gasteiger partial charge in [-0.3, -0.25) is 14.5 Å². The lowest BCUT2D eigenvalue weighted by Crippen LogP contribution is -2.15. The van der Waals surface area contributed by atoms with Crippen LogP contribution in [0.25, 0.3) is 22.5 Å². The average molecular weight is 438 g/mol. The average Bonchev–Trinajstić information content (AvgIpc) is 3.29. The normalized spacial score (nSPS) is 10.8. The Morgan fingerprint density at radius 2 is 1.96 bits per heavy atom. The van der Waals surface area contributed by atoms with Gasteiger partial charge in [-0.05, 0) is 36.8 Å². The molecular formula is C20H16BrN5O2. The van der Waals surface area contributed by atoms with Crippen molar-refractivity contribution in [2.75, 3.05) is 5.32 Å². The van der Waals surface area contributed by atoms with E-state index >= 15 is 0 Å². The van der Waals surface area contributed by atoms with Crippen LogP contribution in [0.4, 0.5) is 5.82 Å². The lowest BCUT2D eigenvalue weighted by atomic mass is 10.1. The number of aromatic nitrogens is 4. The number of carbonyl (C=O) groups excluding carboxylic acids is 1. The Balaban J connectivity index is 1.64. The van der Waals surface area contributed by atoms with E-state index in [4.69, 9.17) is 4.52 Å². The van der Waals surface area contributed by atoms with Crippen LogP contribution in [0, 0.1) is 6.92 Å². The number of anilines is 1. The van der Waals surface area contributed by atoms with Crippen molar-refractivity contribution < 1.29 is 9.32 Å². The first-order valence-corrected chi connectivity index (χ1v) is 9.30. The van der Waals surface area contributed by atoms with Crippen LogP contribution in [0.1, 0.15) is 16.2 Å². The lowest BCUT2D eigenvalue weighted by Gasteiger charge is -2.08. The van der Waals surface area contributed by atoms with Gasteiger partial charge in [-0.25, -0.2) is 0 Å². The topological polar surface area (TPSA) is 85.8 Å². The molecule has 0 aliphatic carbocycles. The third kappa shape index (κ3) is 3.46. The first-order valence-electron chi connectivity index (χ1n) is 8.51. The van der Waals surface area contributed by atoms with Crippen LogP contribution in [-0.4, -0.2) is 25.8 Å². The van der Waals surface area contributed by atoms with E-state index in [2.05, 4.69) is 36.5 Å². The fourth-order valence-corrected chi connectivity index (χ4v) is 3.23. The molecule has 0 saturated heterocycles. The summed E-state index contributed by atoms with van der Waals surface area (Å²) in [6, 6.07) is 13.1. The highest BCUT2D eigenvalue weighted by molar-refractivity contribution is 9.10. The van der Waals surface area contributed by atoms with E-state index in [1.165, 1.54) is 0 Å². The molecule has 140 valence electrons. The van der Waals surface area contributed by atoms with Gasteiger partial charge < -0.3 is 9.84 Å². The van der Waals surface area contributed by atoms with Crippen LogP contribution in [0.5, 0.6) is 0 Å². The maximum absolute atomic E-state index is 12.8. The third-order valence-corrected chi connectivity index (χ3v) is 4.80. The summed E-state index contributed by atoms with van der Waals surface area (Å²) in [7, 11) is 1.79. The molecule has 4 rings (SSSR count). The van der Waals surface area contributed by atoms with Gasteiger partial charge in [0.1, 0.15) is 5.82 Å². The SMILES string of the molecule is Cc1nn(C)c(NC(=O)c2cc(-c3cccnc3)on2)c1-c1ccc(Br)cc1. The zero-order valence-corrected chi connectivity index (χ0v) is 16.8. The van der Waals surface area contributed by atoms with Crippen LogP contribution >= 0.6 is 15.9 Å². The molecule has 1 aromatic carbocycles. The summed E-state index contributed by atoms with van der Waals surface area (Å²) in [5.41, 5.74) is 3.57. The van der Waals surface area contributed by atoms with Crippen molar-refractivity contribution in [3.05, 3.63) is 70.7 Å². The van der Waals surface area contributed by atoms with Gasteiger partial charge in [-0.1, -0.05) is 33.2 Å². The molecule has 4 aromatic rings. The molecule has 0 atom stereocenters. The summed E-state index contributed by atoms with van der Waals surface area (Å²) < 4.78 is 7.92. The van der Waals surface area contributed by atoms with Gasteiger partial charge in [0, 0.05) is 41.1 Å². The highest BCUT2D eigenvalue weighted by atomic mass is 79.9. The van der Waals surface area contributed by atoms with Crippen molar-refractivity contribution >= 4 is 27.7 Å². The monoisotopic (exact) mass is 437 g/mol. The second kappa shape index (κ2) is 7.40. The van der Waals surface area contributed by atoms with Crippen LogP contribution in [0.3, 0.4) is 0 Å². The number of benzene rings is 1. The van der Waals surface area contributed by atoms with Crippen LogP contribution in [0.2, 0.25) is 0 Å². The predicted molar refractivity (Wildman–Crippen MR) is 109 cm³/mol. The Bertz CT molecular complexity index is 1130. The molecular weight excluding hydrogens is 422 g/mol. The summed E-state index contributed by atoms with van der Waals surface area (Å²) in [4.78, 5) is 16.8. The zero-order chi connectivity index (χ0) is 19.7. The number of hydrogen-bond acceptors (Lipinski definition) is 5. The molecule has 1 N–H and O–H groups in total. The van der Waals surface area contributed by atoms with Gasteiger partial charge in [-0.15, -0.1) is 0 Å². The summed E-state index contributed by atoms with van der Waals surface area (Å²) >= 11 is 3.44. The van der Waals surface area contributed by atoms with E-state index < -0.39 is 0 Å². The highest BCUT2D eigenvalue weighted by Gasteiger charge is 2.20. The second-order valence-corrected chi connectivity index (χ2v) is 7.13.